The molecule has 0 amide bonds. The molecule has 0 fully saturated rings. The number of rotatable bonds is 3. The molecular formula is C12H7BrCl2N2OS. The summed E-state index contributed by atoms with van der Waals surface area (Å²) in [6.07, 6.45) is 1.95. The van der Waals surface area contributed by atoms with Crippen LogP contribution in [0.2, 0.25) is 10.0 Å². The molecule has 3 rings (SSSR count). The Hall–Kier alpha value is -0.750. The quantitative estimate of drug-likeness (QED) is 0.572. The van der Waals surface area contributed by atoms with Gasteiger partial charge in [0.2, 0.25) is 5.88 Å². The van der Waals surface area contributed by atoms with Crippen molar-refractivity contribution in [2.75, 3.05) is 0 Å². The van der Waals surface area contributed by atoms with Crippen LogP contribution in [0, 0.1) is 0 Å². The van der Waals surface area contributed by atoms with Crippen LogP contribution in [-0.2, 0) is 5.33 Å². The van der Waals surface area contributed by atoms with E-state index in [1.54, 1.807) is 29.5 Å². The number of fused-ring (bicyclic) bond motifs is 1. The molecule has 0 unspecified atom stereocenters. The fourth-order valence-electron chi connectivity index (χ4n) is 1.68. The lowest BCUT2D eigenvalue weighted by Crippen LogP contribution is -1.91. The third kappa shape index (κ3) is 2.48. The molecule has 3 aromatic rings. The number of benzene rings is 1. The summed E-state index contributed by atoms with van der Waals surface area (Å²) in [7, 11) is 0. The minimum atomic E-state index is 0.501. The van der Waals surface area contributed by atoms with Gasteiger partial charge >= 0.3 is 0 Å². The first kappa shape index (κ1) is 13.2. The lowest BCUT2D eigenvalue weighted by atomic mass is 10.3. The fourth-order valence-corrected chi connectivity index (χ4v) is 3.23. The van der Waals surface area contributed by atoms with E-state index in [0.717, 1.165) is 10.7 Å². The molecule has 3 nitrogen and oxygen atoms in total. The van der Waals surface area contributed by atoms with Crippen molar-refractivity contribution in [1.82, 2.24) is 9.38 Å². The molecule has 7 heteroatoms. The monoisotopic (exact) mass is 376 g/mol. The minimum Gasteiger partial charge on any atom is -0.436 e. The molecule has 0 N–H and O–H groups in total. The zero-order valence-corrected chi connectivity index (χ0v) is 13.4. The van der Waals surface area contributed by atoms with Crippen molar-refractivity contribution in [2.45, 2.75) is 5.33 Å². The summed E-state index contributed by atoms with van der Waals surface area (Å²) in [5.74, 6) is 1.04. The first-order valence-corrected chi connectivity index (χ1v) is 8.08. The smallest absolute Gasteiger partial charge is 0.243 e. The largest absolute Gasteiger partial charge is 0.436 e. The molecule has 0 aliphatic carbocycles. The number of hydrogen-bond donors (Lipinski definition) is 0. The Morgan fingerprint density at radius 3 is 3.00 bits per heavy atom. The van der Waals surface area contributed by atoms with Crippen LogP contribution >= 0.6 is 50.5 Å². The van der Waals surface area contributed by atoms with E-state index >= 15 is 0 Å². The van der Waals surface area contributed by atoms with Crippen LogP contribution in [0.4, 0.5) is 0 Å². The van der Waals surface area contributed by atoms with Crippen molar-refractivity contribution in [3.8, 4) is 11.6 Å². The zero-order valence-electron chi connectivity index (χ0n) is 9.44. The van der Waals surface area contributed by atoms with Crippen LogP contribution in [0.25, 0.3) is 4.96 Å². The Labute approximate surface area is 131 Å². The van der Waals surface area contributed by atoms with Crippen molar-refractivity contribution in [3.05, 3.63) is 45.5 Å². The van der Waals surface area contributed by atoms with Crippen LogP contribution in [0.15, 0.2) is 29.8 Å². The maximum Gasteiger partial charge on any atom is 0.243 e. The highest BCUT2D eigenvalue weighted by Crippen LogP contribution is 2.34. The van der Waals surface area contributed by atoms with Gasteiger partial charge in [-0.15, -0.1) is 11.3 Å². The lowest BCUT2D eigenvalue weighted by Gasteiger charge is -2.06. The lowest BCUT2D eigenvalue weighted by molar-refractivity contribution is 0.462. The summed E-state index contributed by atoms with van der Waals surface area (Å²) in [6, 6.07) is 5.09. The third-order valence-corrected chi connectivity index (χ3v) is 4.39. The van der Waals surface area contributed by atoms with Crippen LogP contribution < -0.4 is 4.74 Å². The average molecular weight is 378 g/mol. The Balaban J connectivity index is 2.05. The van der Waals surface area contributed by atoms with Crippen molar-refractivity contribution in [1.29, 1.82) is 0 Å². The van der Waals surface area contributed by atoms with Crippen molar-refractivity contribution >= 4 is 55.4 Å². The van der Waals surface area contributed by atoms with E-state index in [0.29, 0.717) is 27.0 Å². The summed E-state index contributed by atoms with van der Waals surface area (Å²) in [5.41, 5.74) is 0.937. The number of thiazole rings is 1. The molecule has 2 heterocycles. The Morgan fingerprint density at radius 2 is 2.21 bits per heavy atom. The van der Waals surface area contributed by atoms with Gasteiger partial charge in [0.05, 0.1) is 10.7 Å². The molecule has 0 aliphatic rings. The van der Waals surface area contributed by atoms with E-state index in [-0.39, 0.29) is 0 Å². The van der Waals surface area contributed by atoms with Gasteiger partial charge in [-0.25, -0.2) is 0 Å². The number of ether oxygens (including phenoxy) is 1. The molecule has 0 aliphatic heterocycles. The molecule has 0 atom stereocenters. The number of alkyl halides is 1. The molecule has 1 aromatic carbocycles. The Bertz CT molecular complexity index is 740. The number of aromatic nitrogens is 2. The van der Waals surface area contributed by atoms with Crippen LogP contribution in [-0.4, -0.2) is 9.38 Å². The first-order chi connectivity index (χ1) is 9.19. The summed E-state index contributed by atoms with van der Waals surface area (Å²) in [6.45, 7) is 0. The van der Waals surface area contributed by atoms with Gasteiger partial charge in [0.25, 0.3) is 0 Å². The summed E-state index contributed by atoms with van der Waals surface area (Å²) < 4.78 is 7.76. The highest BCUT2D eigenvalue weighted by molar-refractivity contribution is 9.08. The summed E-state index contributed by atoms with van der Waals surface area (Å²) in [5, 5.41) is 3.69. The van der Waals surface area contributed by atoms with Crippen LogP contribution in [0.3, 0.4) is 0 Å². The zero-order chi connectivity index (χ0) is 13.4. The van der Waals surface area contributed by atoms with Gasteiger partial charge in [0, 0.05) is 28.0 Å². The Morgan fingerprint density at radius 1 is 1.37 bits per heavy atom. The molecule has 0 saturated heterocycles. The number of nitrogens with zero attached hydrogens (tertiary/aromatic N) is 2. The van der Waals surface area contributed by atoms with E-state index < -0.39 is 0 Å². The van der Waals surface area contributed by atoms with E-state index in [9.17, 15) is 0 Å². The highest BCUT2D eigenvalue weighted by atomic mass is 79.9. The predicted octanol–water partition coefficient (Wildman–Crippen LogP) is 5.39. The molecule has 19 heavy (non-hydrogen) atoms. The number of hydrogen-bond acceptors (Lipinski definition) is 3. The fraction of sp³-hybridized carbons (Fsp3) is 0.0833. The molecule has 2 aromatic heterocycles. The molecule has 0 radical (unpaired) electrons. The second-order valence-corrected chi connectivity index (χ2v) is 6.01. The molecule has 0 bridgehead atoms. The van der Waals surface area contributed by atoms with Gasteiger partial charge in [-0.1, -0.05) is 39.1 Å². The number of halogens is 3. The first-order valence-electron chi connectivity index (χ1n) is 5.32. The topological polar surface area (TPSA) is 26.5 Å². The second-order valence-electron chi connectivity index (χ2n) is 3.73. The average Bonchev–Trinajstić information content (AvgIpc) is 2.94. The van der Waals surface area contributed by atoms with Gasteiger partial charge in [-0.05, 0) is 12.1 Å². The summed E-state index contributed by atoms with van der Waals surface area (Å²) >= 11 is 17.0. The standard InChI is InChI=1S/C12H7BrCl2N2OS/c13-6-9-11(16-12-17(9)3-4-19-12)18-10-5-7(14)1-2-8(10)15/h1-5H,6H2. The van der Waals surface area contributed by atoms with Gasteiger partial charge in [-0.3, -0.25) is 4.40 Å². The molecule has 0 spiro atoms. The van der Waals surface area contributed by atoms with E-state index in [1.165, 1.54) is 0 Å². The summed E-state index contributed by atoms with van der Waals surface area (Å²) in [4.78, 5) is 5.31. The van der Waals surface area contributed by atoms with Gasteiger partial charge in [-0.2, -0.15) is 4.98 Å². The van der Waals surface area contributed by atoms with Crippen molar-refractivity contribution in [3.63, 3.8) is 0 Å². The third-order valence-electron chi connectivity index (χ3n) is 2.55. The van der Waals surface area contributed by atoms with Crippen LogP contribution in [0.1, 0.15) is 5.69 Å². The SMILES string of the molecule is Clc1ccc(Cl)c(Oc2nc3sccn3c2CBr)c1. The van der Waals surface area contributed by atoms with Crippen molar-refractivity contribution < 1.29 is 4.74 Å². The number of imidazole rings is 1. The minimum absolute atomic E-state index is 0.501. The highest BCUT2D eigenvalue weighted by Gasteiger charge is 2.15. The maximum absolute atomic E-state index is 6.09. The normalized spacial score (nSPS) is 11.1. The van der Waals surface area contributed by atoms with Gasteiger partial charge in [0.1, 0.15) is 5.75 Å². The van der Waals surface area contributed by atoms with Crippen LogP contribution in [0.5, 0.6) is 11.6 Å². The molecular weight excluding hydrogens is 371 g/mol. The maximum atomic E-state index is 6.09. The predicted molar refractivity (Wildman–Crippen MR) is 82.2 cm³/mol. The molecule has 98 valence electrons. The van der Waals surface area contributed by atoms with E-state index in [2.05, 4.69) is 20.9 Å². The Kier molecular flexibility index (Phi) is 3.71. The second kappa shape index (κ2) is 5.32. The van der Waals surface area contributed by atoms with Gasteiger partial charge < -0.3 is 4.74 Å². The van der Waals surface area contributed by atoms with E-state index in [4.69, 9.17) is 27.9 Å². The van der Waals surface area contributed by atoms with E-state index in [1.807, 2.05) is 16.0 Å². The van der Waals surface area contributed by atoms with Crippen molar-refractivity contribution in [2.24, 2.45) is 0 Å². The van der Waals surface area contributed by atoms with Gasteiger partial charge in [0.15, 0.2) is 4.96 Å². The molecule has 0 saturated carbocycles.